The van der Waals surface area contributed by atoms with Crippen LogP contribution in [0.25, 0.3) is 0 Å². The number of amides is 1. The van der Waals surface area contributed by atoms with E-state index in [-0.39, 0.29) is 11.2 Å². The molecule has 116 valence electrons. The first-order valence-electron chi connectivity index (χ1n) is 7.51. The van der Waals surface area contributed by atoms with Crippen LogP contribution in [0.15, 0.2) is 18.2 Å². The highest BCUT2D eigenvalue weighted by Crippen LogP contribution is 2.33. The monoisotopic (exact) mass is 345 g/mol. The van der Waals surface area contributed by atoms with Gasteiger partial charge in [0.05, 0.1) is 15.3 Å². The van der Waals surface area contributed by atoms with Crippen LogP contribution in [0.1, 0.15) is 45.4 Å². The average Bonchev–Trinajstić information content (AvgIpc) is 2.49. The maximum atomic E-state index is 12.4. The van der Waals surface area contributed by atoms with Gasteiger partial charge in [0.1, 0.15) is 0 Å². The number of carbonyl (C=O) groups excluding carboxylic acids is 1. The van der Waals surface area contributed by atoms with Crippen molar-refractivity contribution >= 4 is 46.6 Å². The standard InChI is InChI=1S/C16H21Cl2NOS/c1-2-15(21-12-6-4-3-5-7-12)16(20)19-11-8-9-13(17)14(18)10-11/h8-10,12,15H,2-7H2,1H3,(H,19,20). The fourth-order valence-electron chi connectivity index (χ4n) is 2.57. The Kier molecular flexibility index (Phi) is 6.72. The highest BCUT2D eigenvalue weighted by atomic mass is 35.5. The molecule has 1 amide bonds. The molecule has 1 N–H and O–H groups in total. The third-order valence-corrected chi connectivity index (χ3v) is 6.23. The number of anilines is 1. The van der Waals surface area contributed by atoms with E-state index in [0.717, 1.165) is 6.42 Å². The smallest absolute Gasteiger partial charge is 0.237 e. The van der Waals surface area contributed by atoms with Crippen LogP contribution in [0, 0.1) is 0 Å². The lowest BCUT2D eigenvalue weighted by atomic mass is 10.0. The molecular formula is C16H21Cl2NOS. The summed E-state index contributed by atoms with van der Waals surface area (Å²) < 4.78 is 0. The van der Waals surface area contributed by atoms with E-state index in [1.165, 1.54) is 32.1 Å². The molecule has 5 heteroatoms. The van der Waals surface area contributed by atoms with Crippen molar-refractivity contribution in [1.29, 1.82) is 0 Å². The molecule has 1 aliphatic rings. The van der Waals surface area contributed by atoms with Crippen LogP contribution in [0.2, 0.25) is 10.0 Å². The van der Waals surface area contributed by atoms with E-state index in [2.05, 4.69) is 12.2 Å². The lowest BCUT2D eigenvalue weighted by Crippen LogP contribution is -2.27. The molecule has 2 rings (SSSR count). The van der Waals surface area contributed by atoms with E-state index in [1.54, 1.807) is 18.2 Å². The minimum Gasteiger partial charge on any atom is -0.325 e. The summed E-state index contributed by atoms with van der Waals surface area (Å²) in [7, 11) is 0. The van der Waals surface area contributed by atoms with Crippen LogP contribution in [0.5, 0.6) is 0 Å². The molecule has 1 atom stereocenters. The van der Waals surface area contributed by atoms with Gasteiger partial charge in [-0.3, -0.25) is 4.79 Å². The Labute approximate surface area is 141 Å². The molecule has 0 heterocycles. The van der Waals surface area contributed by atoms with Crippen LogP contribution in [0.4, 0.5) is 5.69 Å². The number of hydrogen-bond acceptors (Lipinski definition) is 2. The molecule has 21 heavy (non-hydrogen) atoms. The predicted octanol–water partition coefficient (Wildman–Crippen LogP) is 5.78. The van der Waals surface area contributed by atoms with Gasteiger partial charge in [-0.2, -0.15) is 0 Å². The second-order valence-electron chi connectivity index (χ2n) is 5.41. The molecule has 1 unspecified atom stereocenters. The maximum absolute atomic E-state index is 12.4. The number of hydrogen-bond donors (Lipinski definition) is 1. The Hall–Kier alpha value is -0.380. The molecule has 1 saturated carbocycles. The third kappa shape index (κ3) is 5.08. The molecule has 1 aliphatic carbocycles. The molecule has 1 aromatic rings. The van der Waals surface area contributed by atoms with Crippen LogP contribution in [-0.2, 0) is 4.79 Å². The van der Waals surface area contributed by atoms with Crippen LogP contribution >= 0.6 is 35.0 Å². The number of thioether (sulfide) groups is 1. The lowest BCUT2D eigenvalue weighted by Gasteiger charge is -2.25. The van der Waals surface area contributed by atoms with Gasteiger partial charge in [-0.25, -0.2) is 0 Å². The highest BCUT2D eigenvalue weighted by molar-refractivity contribution is 8.01. The van der Waals surface area contributed by atoms with Gasteiger partial charge in [0.2, 0.25) is 5.91 Å². The van der Waals surface area contributed by atoms with E-state index in [1.807, 2.05) is 11.8 Å². The Morgan fingerprint density at radius 2 is 2.00 bits per heavy atom. The Morgan fingerprint density at radius 1 is 1.29 bits per heavy atom. The Morgan fingerprint density at radius 3 is 2.62 bits per heavy atom. The second-order valence-corrected chi connectivity index (χ2v) is 7.73. The number of nitrogens with one attached hydrogen (secondary N) is 1. The first-order chi connectivity index (χ1) is 10.1. The average molecular weight is 346 g/mol. The summed E-state index contributed by atoms with van der Waals surface area (Å²) in [5, 5.41) is 4.54. The van der Waals surface area contributed by atoms with Gasteiger partial charge in [-0.15, -0.1) is 11.8 Å². The first-order valence-corrected chi connectivity index (χ1v) is 9.21. The van der Waals surface area contributed by atoms with Crippen LogP contribution in [-0.4, -0.2) is 16.4 Å². The maximum Gasteiger partial charge on any atom is 0.237 e. The molecule has 2 nitrogen and oxygen atoms in total. The molecule has 0 aliphatic heterocycles. The van der Waals surface area contributed by atoms with Gasteiger partial charge in [0, 0.05) is 10.9 Å². The minimum atomic E-state index is 0.00236. The van der Waals surface area contributed by atoms with Crippen molar-refractivity contribution in [3.05, 3.63) is 28.2 Å². The van der Waals surface area contributed by atoms with Crippen molar-refractivity contribution in [2.75, 3.05) is 5.32 Å². The van der Waals surface area contributed by atoms with Gasteiger partial charge in [0.15, 0.2) is 0 Å². The van der Waals surface area contributed by atoms with Crippen molar-refractivity contribution in [2.24, 2.45) is 0 Å². The topological polar surface area (TPSA) is 29.1 Å². The van der Waals surface area contributed by atoms with Crippen LogP contribution in [0.3, 0.4) is 0 Å². The molecule has 0 saturated heterocycles. The fourth-order valence-corrected chi connectivity index (χ4v) is 4.32. The molecule has 1 aromatic carbocycles. The fraction of sp³-hybridized carbons (Fsp3) is 0.562. The van der Waals surface area contributed by atoms with Crippen molar-refractivity contribution in [2.45, 2.75) is 55.9 Å². The summed E-state index contributed by atoms with van der Waals surface area (Å²) in [6.45, 7) is 2.06. The van der Waals surface area contributed by atoms with Gasteiger partial charge in [-0.05, 0) is 37.5 Å². The van der Waals surface area contributed by atoms with E-state index in [0.29, 0.717) is 21.0 Å². The summed E-state index contributed by atoms with van der Waals surface area (Å²) in [4.78, 5) is 12.4. The number of carbonyl (C=O) groups is 1. The Bertz CT molecular complexity index is 489. The lowest BCUT2D eigenvalue weighted by molar-refractivity contribution is -0.115. The molecule has 0 bridgehead atoms. The second kappa shape index (κ2) is 8.30. The highest BCUT2D eigenvalue weighted by Gasteiger charge is 2.23. The first kappa shape index (κ1) is 17.0. The largest absolute Gasteiger partial charge is 0.325 e. The quantitative estimate of drug-likeness (QED) is 0.732. The van der Waals surface area contributed by atoms with Crippen LogP contribution < -0.4 is 5.32 Å². The molecule has 1 fully saturated rings. The van der Waals surface area contributed by atoms with E-state index in [4.69, 9.17) is 23.2 Å². The molecule has 0 radical (unpaired) electrons. The summed E-state index contributed by atoms with van der Waals surface area (Å²) in [6, 6.07) is 5.18. The van der Waals surface area contributed by atoms with Crippen molar-refractivity contribution in [3.63, 3.8) is 0 Å². The number of rotatable bonds is 5. The van der Waals surface area contributed by atoms with E-state index in [9.17, 15) is 4.79 Å². The normalized spacial score (nSPS) is 17.5. The predicted molar refractivity (Wildman–Crippen MR) is 93.6 cm³/mol. The zero-order valence-electron chi connectivity index (χ0n) is 12.2. The third-order valence-electron chi connectivity index (χ3n) is 3.76. The van der Waals surface area contributed by atoms with Crippen molar-refractivity contribution in [1.82, 2.24) is 0 Å². The number of benzene rings is 1. The Balaban J connectivity index is 1.94. The summed E-state index contributed by atoms with van der Waals surface area (Å²) >= 11 is 13.7. The van der Waals surface area contributed by atoms with Gasteiger partial charge < -0.3 is 5.32 Å². The minimum absolute atomic E-state index is 0.00236. The van der Waals surface area contributed by atoms with Crippen molar-refractivity contribution < 1.29 is 4.79 Å². The van der Waals surface area contributed by atoms with E-state index < -0.39 is 0 Å². The summed E-state index contributed by atoms with van der Waals surface area (Å²) in [6.07, 6.45) is 7.24. The zero-order chi connectivity index (χ0) is 15.2. The van der Waals surface area contributed by atoms with Crippen molar-refractivity contribution in [3.8, 4) is 0 Å². The molecule has 0 spiro atoms. The SMILES string of the molecule is CCC(SC1CCCCC1)C(=O)Nc1ccc(Cl)c(Cl)c1. The summed E-state index contributed by atoms with van der Waals surface area (Å²) in [5.74, 6) is 0.0615. The molecule has 0 aromatic heterocycles. The van der Waals surface area contributed by atoms with Gasteiger partial charge in [0.25, 0.3) is 0 Å². The van der Waals surface area contributed by atoms with Gasteiger partial charge >= 0.3 is 0 Å². The zero-order valence-corrected chi connectivity index (χ0v) is 14.5. The molecular weight excluding hydrogens is 325 g/mol. The number of halogens is 2. The van der Waals surface area contributed by atoms with E-state index >= 15 is 0 Å². The van der Waals surface area contributed by atoms with Gasteiger partial charge in [-0.1, -0.05) is 49.4 Å². The summed E-state index contributed by atoms with van der Waals surface area (Å²) in [5.41, 5.74) is 0.706.